The van der Waals surface area contributed by atoms with Crippen LogP contribution in [0.4, 0.5) is 0 Å². The number of ether oxygens (including phenoxy) is 2. The van der Waals surface area contributed by atoms with Crippen molar-refractivity contribution in [3.63, 3.8) is 0 Å². The largest absolute Gasteiger partial charge is 0.478 e. The van der Waals surface area contributed by atoms with Crippen LogP contribution in [0.15, 0.2) is 24.3 Å². The molecular weight excluding hydrogens is 202 g/mol. The van der Waals surface area contributed by atoms with Crippen LogP contribution in [0.25, 0.3) is 0 Å². The summed E-state index contributed by atoms with van der Waals surface area (Å²) < 4.78 is 11.4. The molecule has 1 saturated heterocycles. The number of para-hydroxylation sites is 1. The van der Waals surface area contributed by atoms with E-state index in [0.717, 1.165) is 25.4 Å². The van der Waals surface area contributed by atoms with Crippen molar-refractivity contribution in [1.82, 2.24) is 4.90 Å². The quantitative estimate of drug-likeness (QED) is 0.759. The molecule has 2 aliphatic heterocycles. The third-order valence-electron chi connectivity index (χ3n) is 3.26. The van der Waals surface area contributed by atoms with Gasteiger partial charge in [-0.2, -0.15) is 0 Å². The van der Waals surface area contributed by atoms with Gasteiger partial charge in [0.2, 0.25) is 0 Å². The number of fused-ring (bicyclic) bond motifs is 1. The first-order chi connectivity index (χ1) is 7.92. The SMILES string of the molecule is c1ccc2c(c1)CN(CC1CCCO1)CO2. The number of benzene rings is 1. The molecule has 3 rings (SSSR count). The highest BCUT2D eigenvalue weighted by molar-refractivity contribution is 5.34. The summed E-state index contributed by atoms with van der Waals surface area (Å²) in [4.78, 5) is 2.32. The predicted molar refractivity (Wildman–Crippen MR) is 61.3 cm³/mol. The van der Waals surface area contributed by atoms with Gasteiger partial charge >= 0.3 is 0 Å². The maximum absolute atomic E-state index is 5.72. The van der Waals surface area contributed by atoms with Crippen LogP contribution in [0.1, 0.15) is 18.4 Å². The summed E-state index contributed by atoms with van der Waals surface area (Å²) in [5, 5.41) is 0. The van der Waals surface area contributed by atoms with Crippen LogP contribution in [0.5, 0.6) is 5.75 Å². The highest BCUT2D eigenvalue weighted by Crippen LogP contribution is 2.25. The summed E-state index contributed by atoms with van der Waals surface area (Å²) in [6.07, 6.45) is 2.81. The molecular formula is C13H17NO2. The number of hydrogen-bond donors (Lipinski definition) is 0. The first-order valence-corrected chi connectivity index (χ1v) is 5.96. The summed E-state index contributed by atoms with van der Waals surface area (Å²) in [5.74, 6) is 1.03. The lowest BCUT2D eigenvalue weighted by atomic mass is 10.1. The van der Waals surface area contributed by atoms with Crippen molar-refractivity contribution in [2.24, 2.45) is 0 Å². The Hall–Kier alpha value is -1.06. The van der Waals surface area contributed by atoms with Crippen LogP contribution in [-0.2, 0) is 11.3 Å². The Kier molecular flexibility index (Phi) is 2.80. The van der Waals surface area contributed by atoms with Crippen molar-refractivity contribution in [1.29, 1.82) is 0 Å². The molecule has 0 N–H and O–H groups in total. The molecule has 0 bridgehead atoms. The van der Waals surface area contributed by atoms with Gasteiger partial charge < -0.3 is 9.47 Å². The molecule has 3 heteroatoms. The molecule has 86 valence electrons. The molecule has 1 aromatic rings. The second-order valence-corrected chi connectivity index (χ2v) is 4.53. The Morgan fingerprint density at radius 1 is 1.31 bits per heavy atom. The normalized spacial score (nSPS) is 25.1. The monoisotopic (exact) mass is 219 g/mol. The van der Waals surface area contributed by atoms with Crippen molar-refractivity contribution in [2.75, 3.05) is 19.9 Å². The van der Waals surface area contributed by atoms with E-state index in [-0.39, 0.29) is 0 Å². The molecule has 0 spiro atoms. The second kappa shape index (κ2) is 4.44. The van der Waals surface area contributed by atoms with E-state index >= 15 is 0 Å². The molecule has 0 aromatic heterocycles. The lowest BCUT2D eigenvalue weighted by Gasteiger charge is -2.30. The van der Waals surface area contributed by atoms with Gasteiger partial charge in [-0.1, -0.05) is 18.2 Å². The summed E-state index contributed by atoms with van der Waals surface area (Å²) >= 11 is 0. The van der Waals surface area contributed by atoms with E-state index in [9.17, 15) is 0 Å². The summed E-state index contributed by atoms with van der Waals surface area (Å²) in [6.45, 7) is 3.59. The first kappa shape index (κ1) is 10.1. The molecule has 2 heterocycles. The molecule has 0 aliphatic carbocycles. The maximum Gasteiger partial charge on any atom is 0.142 e. The zero-order valence-electron chi connectivity index (χ0n) is 9.39. The van der Waals surface area contributed by atoms with Gasteiger partial charge in [0.05, 0.1) is 6.10 Å². The van der Waals surface area contributed by atoms with Crippen LogP contribution in [-0.4, -0.2) is 30.9 Å². The Labute approximate surface area is 96.0 Å². The number of rotatable bonds is 2. The summed E-state index contributed by atoms with van der Waals surface area (Å²) in [7, 11) is 0. The van der Waals surface area contributed by atoms with Gasteiger partial charge in [0, 0.05) is 25.3 Å². The van der Waals surface area contributed by atoms with Crippen LogP contribution < -0.4 is 4.74 Å². The van der Waals surface area contributed by atoms with Crippen LogP contribution in [0, 0.1) is 0 Å². The highest BCUT2D eigenvalue weighted by atomic mass is 16.5. The van der Waals surface area contributed by atoms with E-state index in [0.29, 0.717) is 12.8 Å². The molecule has 1 atom stereocenters. The van der Waals surface area contributed by atoms with Crippen molar-refractivity contribution in [3.8, 4) is 5.75 Å². The van der Waals surface area contributed by atoms with Gasteiger partial charge in [-0.25, -0.2) is 0 Å². The van der Waals surface area contributed by atoms with Crippen LogP contribution in [0.2, 0.25) is 0 Å². The number of nitrogens with zero attached hydrogens (tertiary/aromatic N) is 1. The molecule has 0 amide bonds. The van der Waals surface area contributed by atoms with E-state index in [2.05, 4.69) is 17.0 Å². The zero-order valence-corrected chi connectivity index (χ0v) is 9.39. The van der Waals surface area contributed by atoms with Crippen molar-refractivity contribution < 1.29 is 9.47 Å². The lowest BCUT2D eigenvalue weighted by molar-refractivity contribution is 0.0280. The molecule has 3 nitrogen and oxygen atoms in total. The van der Waals surface area contributed by atoms with E-state index in [4.69, 9.17) is 9.47 Å². The minimum absolute atomic E-state index is 0.411. The average molecular weight is 219 g/mol. The minimum Gasteiger partial charge on any atom is -0.478 e. The van der Waals surface area contributed by atoms with Crippen LogP contribution >= 0.6 is 0 Å². The van der Waals surface area contributed by atoms with Crippen molar-refractivity contribution in [3.05, 3.63) is 29.8 Å². The van der Waals surface area contributed by atoms with Gasteiger partial charge in [-0.05, 0) is 18.9 Å². The van der Waals surface area contributed by atoms with E-state index in [1.165, 1.54) is 18.4 Å². The highest BCUT2D eigenvalue weighted by Gasteiger charge is 2.22. The van der Waals surface area contributed by atoms with E-state index < -0.39 is 0 Å². The summed E-state index contributed by atoms with van der Waals surface area (Å²) in [6, 6.07) is 8.27. The van der Waals surface area contributed by atoms with Crippen LogP contribution in [0.3, 0.4) is 0 Å². The Morgan fingerprint density at radius 2 is 2.25 bits per heavy atom. The molecule has 1 fully saturated rings. The van der Waals surface area contributed by atoms with Gasteiger partial charge in [0.1, 0.15) is 12.5 Å². The Bertz CT molecular complexity index is 361. The van der Waals surface area contributed by atoms with Gasteiger partial charge in [-0.3, -0.25) is 4.90 Å². The fourth-order valence-corrected chi connectivity index (χ4v) is 2.42. The van der Waals surface area contributed by atoms with E-state index in [1.807, 2.05) is 12.1 Å². The topological polar surface area (TPSA) is 21.7 Å². The predicted octanol–water partition coefficient (Wildman–Crippen LogP) is 2.02. The Balaban J connectivity index is 1.63. The fraction of sp³-hybridized carbons (Fsp3) is 0.538. The molecule has 0 radical (unpaired) electrons. The molecule has 16 heavy (non-hydrogen) atoms. The maximum atomic E-state index is 5.72. The molecule has 1 unspecified atom stereocenters. The zero-order chi connectivity index (χ0) is 10.8. The number of hydrogen-bond acceptors (Lipinski definition) is 3. The van der Waals surface area contributed by atoms with Gasteiger partial charge in [-0.15, -0.1) is 0 Å². The molecule has 0 saturated carbocycles. The van der Waals surface area contributed by atoms with Gasteiger partial charge in [0.15, 0.2) is 0 Å². The van der Waals surface area contributed by atoms with E-state index in [1.54, 1.807) is 0 Å². The molecule has 2 aliphatic rings. The third kappa shape index (κ3) is 2.06. The average Bonchev–Trinajstić information content (AvgIpc) is 2.82. The fourth-order valence-electron chi connectivity index (χ4n) is 2.42. The van der Waals surface area contributed by atoms with Gasteiger partial charge in [0.25, 0.3) is 0 Å². The smallest absolute Gasteiger partial charge is 0.142 e. The summed E-state index contributed by atoms with van der Waals surface area (Å²) in [5.41, 5.74) is 1.28. The standard InChI is InChI=1S/C13H17NO2/c1-2-6-13-11(4-1)8-14(10-16-13)9-12-5-3-7-15-12/h1-2,4,6,12H,3,5,7-10H2. The lowest BCUT2D eigenvalue weighted by Crippen LogP contribution is -2.37. The van der Waals surface area contributed by atoms with Crippen molar-refractivity contribution in [2.45, 2.75) is 25.5 Å². The van der Waals surface area contributed by atoms with Crippen molar-refractivity contribution >= 4 is 0 Å². The molecule has 1 aromatic carbocycles. The Morgan fingerprint density at radius 3 is 3.12 bits per heavy atom. The third-order valence-corrected chi connectivity index (χ3v) is 3.26. The first-order valence-electron chi connectivity index (χ1n) is 5.96. The minimum atomic E-state index is 0.411. The second-order valence-electron chi connectivity index (χ2n) is 4.53.